The number of thiazole rings is 1. The number of esters is 1. The van der Waals surface area contributed by atoms with E-state index in [0.717, 1.165) is 16.5 Å². The monoisotopic (exact) mass is 501 g/mol. The Hall–Kier alpha value is -4.04. The van der Waals surface area contributed by atoms with E-state index in [4.69, 9.17) is 4.74 Å². The van der Waals surface area contributed by atoms with Crippen molar-refractivity contribution in [3.05, 3.63) is 115 Å². The lowest BCUT2D eigenvalue weighted by Crippen LogP contribution is -2.39. The summed E-state index contributed by atoms with van der Waals surface area (Å²) in [5.74, 6) is -0.949. The van der Waals surface area contributed by atoms with Crippen molar-refractivity contribution < 1.29 is 13.9 Å². The van der Waals surface area contributed by atoms with Crippen LogP contribution < -0.4 is 14.9 Å². The Morgan fingerprint density at radius 3 is 2.69 bits per heavy atom. The minimum atomic E-state index is -0.773. The molecule has 0 saturated heterocycles. The number of fused-ring (bicyclic) bond motifs is 2. The number of ether oxygens (including phenoxy) is 1. The van der Waals surface area contributed by atoms with Gasteiger partial charge >= 0.3 is 5.97 Å². The second-order valence-electron chi connectivity index (χ2n) is 8.40. The van der Waals surface area contributed by atoms with E-state index in [-0.39, 0.29) is 17.7 Å². The maximum atomic E-state index is 13.8. The zero-order valence-corrected chi connectivity index (χ0v) is 20.7. The number of nitrogens with zero attached hydrogens (tertiary/aromatic N) is 3. The number of halogens is 1. The summed E-state index contributed by atoms with van der Waals surface area (Å²) in [7, 11) is 0. The van der Waals surface area contributed by atoms with E-state index in [2.05, 4.69) is 16.1 Å². The minimum absolute atomic E-state index is 0.185. The van der Waals surface area contributed by atoms with Crippen LogP contribution in [0.5, 0.6) is 0 Å². The second kappa shape index (κ2) is 9.54. The van der Waals surface area contributed by atoms with Gasteiger partial charge in [0.2, 0.25) is 0 Å². The van der Waals surface area contributed by atoms with E-state index in [1.54, 1.807) is 26.0 Å². The molecule has 0 bridgehead atoms. The maximum Gasteiger partial charge on any atom is 0.338 e. The van der Waals surface area contributed by atoms with Crippen molar-refractivity contribution >= 4 is 34.3 Å². The van der Waals surface area contributed by atoms with Crippen LogP contribution in [0.4, 0.5) is 4.39 Å². The lowest BCUT2D eigenvalue weighted by atomic mass is 9.96. The van der Waals surface area contributed by atoms with Crippen LogP contribution in [-0.2, 0) is 16.1 Å². The topological polar surface area (TPSA) is 65.6 Å². The zero-order valence-electron chi connectivity index (χ0n) is 19.9. The minimum Gasteiger partial charge on any atom is -0.463 e. The third kappa shape index (κ3) is 4.03. The number of para-hydroxylation sites is 1. The van der Waals surface area contributed by atoms with E-state index in [1.807, 2.05) is 42.6 Å². The molecule has 1 aliphatic rings. The molecule has 1 aliphatic heterocycles. The summed E-state index contributed by atoms with van der Waals surface area (Å²) in [6, 6.07) is 13.0. The molecule has 0 fully saturated rings. The van der Waals surface area contributed by atoms with Gasteiger partial charge in [-0.3, -0.25) is 9.36 Å². The van der Waals surface area contributed by atoms with Crippen molar-refractivity contribution in [1.82, 2.24) is 9.13 Å². The number of hydrogen-bond acceptors (Lipinski definition) is 5. The first-order chi connectivity index (χ1) is 17.4. The molecule has 6 nitrogen and oxygen atoms in total. The summed E-state index contributed by atoms with van der Waals surface area (Å²) in [5.41, 5.74) is 3.01. The molecule has 5 rings (SSSR count). The van der Waals surface area contributed by atoms with Gasteiger partial charge in [0.15, 0.2) is 4.80 Å². The largest absolute Gasteiger partial charge is 0.463 e. The fraction of sp³-hybridized carbons (Fsp3) is 0.179. The van der Waals surface area contributed by atoms with Crippen molar-refractivity contribution in [3.8, 4) is 0 Å². The van der Waals surface area contributed by atoms with Crippen molar-refractivity contribution in [1.29, 1.82) is 0 Å². The summed E-state index contributed by atoms with van der Waals surface area (Å²) in [4.78, 5) is 31.8. The molecule has 2 aromatic carbocycles. The highest BCUT2D eigenvalue weighted by Gasteiger charge is 2.33. The standard InChI is InChI=1S/C28H24FN3O3S/c1-4-14-31-16-19(21-8-6-7-9-22(21)31)15-23-26(33)32-25(18-10-12-20(29)13-11-18)24(27(34)35-5-2)17(3)30-28(32)36-23/h4,6-13,15-16,25H,1,5,14H2,2-3H3/b23-15-/t25-/m1/s1. The molecular formula is C28H24FN3O3S. The fourth-order valence-corrected chi connectivity index (χ4v) is 5.61. The Morgan fingerprint density at radius 1 is 1.22 bits per heavy atom. The van der Waals surface area contributed by atoms with Gasteiger partial charge in [0, 0.05) is 29.2 Å². The molecule has 1 atom stereocenters. The van der Waals surface area contributed by atoms with Gasteiger partial charge < -0.3 is 9.30 Å². The average Bonchev–Trinajstić information content (AvgIpc) is 3.36. The lowest BCUT2D eigenvalue weighted by molar-refractivity contribution is -0.139. The van der Waals surface area contributed by atoms with Gasteiger partial charge in [0.1, 0.15) is 5.82 Å². The molecule has 0 aliphatic carbocycles. The third-order valence-electron chi connectivity index (χ3n) is 6.13. The SMILES string of the molecule is C=CCn1cc(/C=c2\sc3n(c2=O)[C@H](c2ccc(F)cc2)C(C(=O)OCC)=C(C)N=3)c2ccccc21. The summed E-state index contributed by atoms with van der Waals surface area (Å²) in [5, 5.41) is 1.02. The molecule has 0 amide bonds. The molecule has 4 aromatic rings. The number of allylic oxidation sites excluding steroid dienone is 2. The van der Waals surface area contributed by atoms with Crippen LogP contribution in [-0.4, -0.2) is 21.7 Å². The summed E-state index contributed by atoms with van der Waals surface area (Å²) in [6.45, 7) is 8.11. The summed E-state index contributed by atoms with van der Waals surface area (Å²) < 4.78 is 23.1. The Kier molecular flexibility index (Phi) is 6.28. The predicted octanol–water partition coefficient (Wildman–Crippen LogP) is 4.08. The third-order valence-corrected chi connectivity index (χ3v) is 7.12. The van der Waals surface area contributed by atoms with Crippen LogP contribution in [0, 0.1) is 5.82 Å². The Labute approximate surface area is 210 Å². The number of aromatic nitrogens is 2. The Bertz CT molecular complexity index is 1710. The van der Waals surface area contributed by atoms with Gasteiger partial charge in [-0.25, -0.2) is 14.2 Å². The van der Waals surface area contributed by atoms with Crippen molar-refractivity contribution in [3.63, 3.8) is 0 Å². The number of carbonyl (C=O) groups is 1. The average molecular weight is 502 g/mol. The lowest BCUT2D eigenvalue weighted by Gasteiger charge is -2.24. The molecule has 3 heterocycles. The highest BCUT2D eigenvalue weighted by atomic mass is 32.1. The molecule has 8 heteroatoms. The molecule has 0 N–H and O–H groups in total. The van der Waals surface area contributed by atoms with Crippen molar-refractivity contribution in [2.45, 2.75) is 26.4 Å². The van der Waals surface area contributed by atoms with Gasteiger partial charge in [-0.1, -0.05) is 47.7 Å². The van der Waals surface area contributed by atoms with Crippen LogP contribution in [0.15, 0.2) is 88.4 Å². The van der Waals surface area contributed by atoms with Gasteiger partial charge in [0.25, 0.3) is 5.56 Å². The second-order valence-corrected chi connectivity index (χ2v) is 9.41. The number of benzene rings is 2. The maximum absolute atomic E-state index is 13.8. The molecular weight excluding hydrogens is 477 g/mol. The number of carbonyl (C=O) groups excluding carboxylic acids is 1. The van der Waals surface area contributed by atoms with Crippen LogP contribution in [0.1, 0.15) is 31.0 Å². The summed E-state index contributed by atoms with van der Waals surface area (Å²) in [6.07, 6.45) is 5.68. The molecule has 0 radical (unpaired) electrons. The summed E-state index contributed by atoms with van der Waals surface area (Å²) >= 11 is 1.26. The first-order valence-electron chi connectivity index (χ1n) is 11.6. The van der Waals surface area contributed by atoms with Crippen molar-refractivity contribution in [2.75, 3.05) is 6.61 Å². The predicted molar refractivity (Wildman–Crippen MR) is 139 cm³/mol. The highest BCUT2D eigenvalue weighted by molar-refractivity contribution is 7.07. The van der Waals surface area contributed by atoms with Crippen LogP contribution >= 0.6 is 11.3 Å². The van der Waals surface area contributed by atoms with Gasteiger partial charge in [-0.05, 0) is 43.7 Å². The molecule has 0 saturated carbocycles. The van der Waals surface area contributed by atoms with Crippen molar-refractivity contribution in [2.24, 2.45) is 4.99 Å². The molecule has 36 heavy (non-hydrogen) atoms. The van der Waals surface area contributed by atoms with Crippen LogP contribution in [0.3, 0.4) is 0 Å². The van der Waals surface area contributed by atoms with Crippen LogP contribution in [0.25, 0.3) is 17.0 Å². The van der Waals surface area contributed by atoms with Gasteiger partial charge in [0.05, 0.1) is 28.5 Å². The molecule has 2 aromatic heterocycles. The first kappa shape index (κ1) is 23.7. The zero-order chi connectivity index (χ0) is 25.4. The molecule has 0 spiro atoms. The number of hydrogen-bond donors (Lipinski definition) is 0. The smallest absolute Gasteiger partial charge is 0.338 e. The normalized spacial score (nSPS) is 15.6. The van der Waals surface area contributed by atoms with Crippen LogP contribution in [0.2, 0.25) is 0 Å². The van der Waals surface area contributed by atoms with E-state index in [0.29, 0.717) is 27.1 Å². The molecule has 0 unspecified atom stereocenters. The molecule has 182 valence electrons. The Morgan fingerprint density at radius 2 is 1.97 bits per heavy atom. The van der Waals surface area contributed by atoms with E-state index >= 15 is 0 Å². The Balaban J connectivity index is 1.74. The van der Waals surface area contributed by atoms with E-state index < -0.39 is 17.8 Å². The highest BCUT2D eigenvalue weighted by Crippen LogP contribution is 2.31. The quantitative estimate of drug-likeness (QED) is 0.295. The fourth-order valence-electron chi connectivity index (χ4n) is 4.57. The number of rotatable bonds is 6. The van der Waals surface area contributed by atoms with Gasteiger partial charge in [-0.2, -0.15) is 0 Å². The first-order valence-corrected chi connectivity index (χ1v) is 12.4. The van der Waals surface area contributed by atoms with Gasteiger partial charge in [-0.15, -0.1) is 6.58 Å². The van der Waals surface area contributed by atoms with E-state index in [9.17, 15) is 14.0 Å². The van der Waals surface area contributed by atoms with E-state index in [1.165, 1.54) is 28.0 Å².